The van der Waals surface area contributed by atoms with Crippen LogP contribution < -0.4 is 0 Å². The Hall–Kier alpha value is -2.19. The molecule has 0 aliphatic carbocycles. The van der Waals surface area contributed by atoms with Crippen LogP contribution in [0.3, 0.4) is 0 Å². The lowest BCUT2D eigenvalue weighted by atomic mass is 9.74. The summed E-state index contributed by atoms with van der Waals surface area (Å²) in [6.45, 7) is 5.85. The van der Waals surface area contributed by atoms with Crippen molar-refractivity contribution in [1.82, 2.24) is 9.80 Å². The van der Waals surface area contributed by atoms with E-state index in [0.717, 1.165) is 38.5 Å². The fraction of sp³-hybridized carbons (Fsp3) is 0.741. The number of carbonyl (C=O) groups excluding carboxylic acids is 3. The Morgan fingerprint density at radius 3 is 2.57 bits per heavy atom. The molecule has 0 aromatic rings. The Bertz CT molecular complexity index is 872. The second-order valence-corrected chi connectivity index (χ2v) is 10.4. The highest BCUT2D eigenvalue weighted by molar-refractivity contribution is 5.99. The van der Waals surface area contributed by atoms with Crippen molar-refractivity contribution in [3.8, 4) is 0 Å². The van der Waals surface area contributed by atoms with Crippen molar-refractivity contribution in [3.05, 3.63) is 24.3 Å². The molecule has 2 fully saturated rings. The van der Waals surface area contributed by atoms with Gasteiger partial charge in [0.1, 0.15) is 17.6 Å². The minimum Gasteiger partial charge on any atom is -0.465 e. The summed E-state index contributed by atoms with van der Waals surface area (Å²) in [7, 11) is 0. The SMILES string of the molecule is CCCCCN1CC=C[C@]23O[C@]4(C)/C=C\CCCOC(=O)[C@@H]4[C@H]2C(=O)N(CCCCCO)C3C1=O. The Balaban J connectivity index is 1.74. The number of unbranched alkanes of at least 4 members (excludes halogenated alkanes) is 4. The molecule has 4 rings (SSSR count). The highest BCUT2D eigenvalue weighted by Crippen LogP contribution is 2.57. The monoisotopic (exact) mass is 488 g/mol. The first-order valence-corrected chi connectivity index (χ1v) is 13.3. The average Bonchev–Trinajstić information content (AvgIpc) is 3.18. The van der Waals surface area contributed by atoms with Crippen LogP contribution in [0, 0.1) is 11.8 Å². The van der Waals surface area contributed by atoms with E-state index in [1.54, 1.807) is 4.90 Å². The van der Waals surface area contributed by atoms with Crippen LogP contribution in [0.2, 0.25) is 0 Å². The van der Waals surface area contributed by atoms with Crippen molar-refractivity contribution >= 4 is 17.8 Å². The molecule has 8 nitrogen and oxygen atoms in total. The van der Waals surface area contributed by atoms with E-state index in [1.165, 1.54) is 0 Å². The summed E-state index contributed by atoms with van der Waals surface area (Å²) in [5.41, 5.74) is -2.25. The minimum atomic E-state index is -1.22. The van der Waals surface area contributed by atoms with Crippen molar-refractivity contribution < 1.29 is 29.0 Å². The lowest BCUT2D eigenvalue weighted by Crippen LogP contribution is -2.56. The number of esters is 1. The van der Waals surface area contributed by atoms with Gasteiger partial charge < -0.3 is 24.4 Å². The summed E-state index contributed by atoms with van der Waals surface area (Å²) in [5, 5.41) is 9.18. The third kappa shape index (κ3) is 4.67. The number of carbonyl (C=O) groups is 3. The predicted octanol–water partition coefficient (Wildman–Crippen LogP) is 2.60. The first kappa shape index (κ1) is 25.9. The third-order valence-corrected chi connectivity index (χ3v) is 7.92. The van der Waals surface area contributed by atoms with Crippen LogP contribution in [0.25, 0.3) is 0 Å². The van der Waals surface area contributed by atoms with Crippen molar-refractivity contribution in [2.75, 3.05) is 32.8 Å². The van der Waals surface area contributed by atoms with Crippen LogP contribution in [0.15, 0.2) is 24.3 Å². The highest BCUT2D eigenvalue weighted by Gasteiger charge is 2.74. The smallest absolute Gasteiger partial charge is 0.313 e. The van der Waals surface area contributed by atoms with E-state index < -0.39 is 35.0 Å². The zero-order valence-electron chi connectivity index (χ0n) is 21.1. The van der Waals surface area contributed by atoms with Gasteiger partial charge in [-0.3, -0.25) is 14.4 Å². The summed E-state index contributed by atoms with van der Waals surface area (Å²) in [6.07, 6.45) is 14.3. The van der Waals surface area contributed by atoms with Crippen molar-refractivity contribution in [1.29, 1.82) is 0 Å². The van der Waals surface area contributed by atoms with Gasteiger partial charge in [0.15, 0.2) is 0 Å². The Morgan fingerprint density at radius 1 is 1.00 bits per heavy atom. The molecular weight excluding hydrogens is 448 g/mol. The molecule has 5 atom stereocenters. The largest absolute Gasteiger partial charge is 0.465 e. The number of allylic oxidation sites excluding steroid dienone is 1. The van der Waals surface area contributed by atoms with Gasteiger partial charge in [-0.1, -0.05) is 44.1 Å². The van der Waals surface area contributed by atoms with Crippen LogP contribution in [0.1, 0.15) is 65.2 Å². The fourth-order valence-electron chi connectivity index (χ4n) is 6.25. The van der Waals surface area contributed by atoms with Crippen molar-refractivity contribution in [2.45, 2.75) is 82.5 Å². The zero-order chi connectivity index (χ0) is 25.1. The molecule has 4 aliphatic heterocycles. The third-order valence-electron chi connectivity index (χ3n) is 7.92. The maximum Gasteiger partial charge on any atom is 0.313 e. The molecule has 0 aromatic heterocycles. The molecule has 0 saturated carbocycles. The molecular formula is C27H40N2O6. The number of nitrogens with zero attached hydrogens (tertiary/aromatic N) is 2. The number of ether oxygens (including phenoxy) is 2. The second-order valence-electron chi connectivity index (χ2n) is 10.4. The van der Waals surface area contributed by atoms with Gasteiger partial charge in [0.2, 0.25) is 11.8 Å². The Morgan fingerprint density at radius 2 is 1.80 bits per heavy atom. The van der Waals surface area contributed by atoms with Gasteiger partial charge in [0.05, 0.1) is 18.1 Å². The summed E-state index contributed by atoms with van der Waals surface area (Å²) in [4.78, 5) is 44.8. The summed E-state index contributed by atoms with van der Waals surface area (Å²) >= 11 is 0. The summed E-state index contributed by atoms with van der Waals surface area (Å²) in [6, 6.07) is -0.817. The number of aliphatic hydroxyl groups is 1. The Kier molecular flexibility index (Phi) is 8.01. The van der Waals surface area contributed by atoms with Crippen molar-refractivity contribution in [3.63, 3.8) is 0 Å². The van der Waals surface area contributed by atoms with Crippen LogP contribution >= 0.6 is 0 Å². The van der Waals surface area contributed by atoms with Crippen LogP contribution in [0.5, 0.6) is 0 Å². The lowest BCUT2D eigenvalue weighted by molar-refractivity contribution is -0.159. The van der Waals surface area contributed by atoms with E-state index in [4.69, 9.17) is 9.47 Å². The highest BCUT2D eigenvalue weighted by atomic mass is 16.6. The van der Waals surface area contributed by atoms with Crippen LogP contribution in [0.4, 0.5) is 0 Å². The van der Waals surface area contributed by atoms with Gasteiger partial charge in [-0.15, -0.1) is 0 Å². The van der Waals surface area contributed by atoms with Crippen molar-refractivity contribution in [2.24, 2.45) is 11.8 Å². The van der Waals surface area contributed by atoms with Gasteiger partial charge >= 0.3 is 5.97 Å². The van der Waals surface area contributed by atoms with E-state index >= 15 is 0 Å². The molecule has 194 valence electrons. The molecule has 4 aliphatic rings. The summed E-state index contributed by atoms with van der Waals surface area (Å²) in [5.74, 6) is -2.40. The summed E-state index contributed by atoms with van der Waals surface area (Å²) < 4.78 is 12.3. The predicted molar refractivity (Wildman–Crippen MR) is 130 cm³/mol. The van der Waals surface area contributed by atoms with Gasteiger partial charge in [0.25, 0.3) is 0 Å². The molecule has 0 aromatic carbocycles. The second kappa shape index (κ2) is 10.8. The van der Waals surface area contributed by atoms with E-state index in [-0.39, 0.29) is 18.4 Å². The number of cyclic esters (lactones) is 1. The molecule has 8 heteroatoms. The minimum absolute atomic E-state index is 0.0958. The van der Waals surface area contributed by atoms with Gasteiger partial charge in [-0.2, -0.15) is 0 Å². The zero-order valence-corrected chi connectivity index (χ0v) is 21.1. The first-order valence-electron chi connectivity index (χ1n) is 13.3. The van der Waals surface area contributed by atoms with Crippen LogP contribution in [-0.2, 0) is 23.9 Å². The quantitative estimate of drug-likeness (QED) is 0.305. The molecule has 1 N–H and O–H groups in total. The number of aliphatic hydroxyl groups excluding tert-OH is 1. The number of likely N-dealkylation sites (tertiary alicyclic amines) is 1. The number of rotatable bonds is 9. The number of hydrogen-bond donors (Lipinski definition) is 1. The number of amides is 2. The molecule has 1 unspecified atom stereocenters. The number of fused-ring (bicyclic) bond motifs is 2. The molecule has 4 heterocycles. The maximum absolute atomic E-state index is 14.0. The van der Waals surface area contributed by atoms with Gasteiger partial charge in [0, 0.05) is 26.2 Å². The van der Waals surface area contributed by atoms with E-state index in [2.05, 4.69) is 6.92 Å². The van der Waals surface area contributed by atoms with E-state index in [9.17, 15) is 19.5 Å². The fourth-order valence-corrected chi connectivity index (χ4v) is 6.25. The standard InChI is InChI=1S/C27H40N2O6/c1-3-4-8-15-28-16-12-14-27-20(21-25(33)34-19-11-5-7-13-26(21,2)35-27)23(31)29(22(27)24(28)32)17-9-6-10-18-30/h7,12-14,20-22,30H,3-6,8-11,15-19H2,1-2H3/b13-7-/t20-,21-,22?,26+,27-/m0/s1. The first-order chi connectivity index (χ1) is 16.9. The normalized spacial score (nSPS) is 35.5. The van der Waals surface area contributed by atoms with E-state index in [0.29, 0.717) is 39.1 Å². The number of hydrogen-bond acceptors (Lipinski definition) is 6. The molecule has 0 bridgehead atoms. The Labute approximate surface area is 208 Å². The average molecular weight is 489 g/mol. The topological polar surface area (TPSA) is 96.4 Å². The van der Waals surface area contributed by atoms with Gasteiger partial charge in [-0.25, -0.2) is 0 Å². The maximum atomic E-state index is 14.0. The van der Waals surface area contributed by atoms with Crippen LogP contribution in [-0.4, -0.2) is 82.8 Å². The van der Waals surface area contributed by atoms with Gasteiger partial charge in [-0.05, 0) is 45.4 Å². The molecule has 2 saturated heterocycles. The molecule has 35 heavy (non-hydrogen) atoms. The molecule has 0 radical (unpaired) electrons. The molecule has 2 amide bonds. The van der Waals surface area contributed by atoms with E-state index in [1.807, 2.05) is 36.1 Å². The molecule has 1 spiro atoms. The lowest BCUT2D eigenvalue weighted by Gasteiger charge is -2.37.